The van der Waals surface area contributed by atoms with Gasteiger partial charge in [-0.3, -0.25) is 4.68 Å². The van der Waals surface area contributed by atoms with Gasteiger partial charge in [0.15, 0.2) is 0 Å². The van der Waals surface area contributed by atoms with E-state index in [1.807, 2.05) is 18.2 Å². The molecule has 2 aromatic heterocycles. The Bertz CT molecular complexity index is 775. The number of nitrogens with zero attached hydrogens (tertiary/aromatic N) is 3. The van der Waals surface area contributed by atoms with Crippen LogP contribution in [0, 0.1) is 0 Å². The van der Waals surface area contributed by atoms with Gasteiger partial charge in [-0.2, -0.15) is 22.6 Å². The molecule has 0 fully saturated rings. The predicted octanol–water partition coefficient (Wildman–Crippen LogP) is 3.66. The molecule has 110 valence electrons. The predicted molar refractivity (Wildman–Crippen MR) is 75.2 cm³/mol. The van der Waals surface area contributed by atoms with Crippen molar-refractivity contribution >= 4 is 27.3 Å². The first-order valence-corrected chi connectivity index (χ1v) is 6.89. The van der Waals surface area contributed by atoms with Gasteiger partial charge in [0.25, 0.3) is 0 Å². The van der Waals surface area contributed by atoms with E-state index in [1.54, 1.807) is 6.20 Å². The van der Waals surface area contributed by atoms with Crippen molar-refractivity contribution in [2.75, 3.05) is 5.32 Å². The highest BCUT2D eigenvalue weighted by Crippen LogP contribution is 2.29. The molecule has 2 heterocycles. The zero-order chi connectivity index (χ0) is 15.0. The van der Waals surface area contributed by atoms with E-state index in [0.717, 1.165) is 26.5 Å². The Hall–Kier alpha value is -2.09. The Morgan fingerprint density at radius 3 is 2.81 bits per heavy atom. The van der Waals surface area contributed by atoms with Crippen molar-refractivity contribution in [3.05, 3.63) is 41.9 Å². The summed E-state index contributed by atoms with van der Waals surface area (Å²) < 4.78 is 44.0. The van der Waals surface area contributed by atoms with Crippen molar-refractivity contribution in [1.82, 2.24) is 14.2 Å². The van der Waals surface area contributed by atoms with Gasteiger partial charge in [0.1, 0.15) is 5.69 Å². The second-order valence-electron chi connectivity index (χ2n) is 4.57. The standard InChI is InChI=1S/C13H11F3N4S/c1-20-12(13(14,15)16)5-10(19-20)7-17-9-2-3-11-8(4-9)6-18-21-11/h2-6,17H,7H2,1H3. The van der Waals surface area contributed by atoms with E-state index in [0.29, 0.717) is 5.69 Å². The number of aromatic nitrogens is 3. The van der Waals surface area contributed by atoms with Gasteiger partial charge in [-0.1, -0.05) is 0 Å². The second-order valence-corrected chi connectivity index (χ2v) is 5.41. The number of hydrogen-bond donors (Lipinski definition) is 1. The van der Waals surface area contributed by atoms with Crippen molar-refractivity contribution in [1.29, 1.82) is 0 Å². The van der Waals surface area contributed by atoms with Crippen LogP contribution in [0.2, 0.25) is 0 Å². The van der Waals surface area contributed by atoms with E-state index in [4.69, 9.17) is 0 Å². The summed E-state index contributed by atoms with van der Waals surface area (Å²) in [5, 5.41) is 7.94. The van der Waals surface area contributed by atoms with Gasteiger partial charge in [0.2, 0.25) is 0 Å². The molecule has 0 atom stereocenters. The van der Waals surface area contributed by atoms with Gasteiger partial charge >= 0.3 is 6.18 Å². The largest absolute Gasteiger partial charge is 0.433 e. The first-order chi connectivity index (χ1) is 9.93. The fourth-order valence-corrected chi connectivity index (χ4v) is 2.68. The van der Waals surface area contributed by atoms with Crippen LogP contribution >= 0.6 is 11.5 Å². The van der Waals surface area contributed by atoms with Crippen LogP contribution in [-0.2, 0) is 19.8 Å². The number of benzene rings is 1. The molecule has 0 saturated heterocycles. The van der Waals surface area contributed by atoms with Crippen LogP contribution in [0.1, 0.15) is 11.4 Å². The van der Waals surface area contributed by atoms with Crippen molar-refractivity contribution in [2.24, 2.45) is 7.05 Å². The molecule has 0 spiro atoms. The lowest BCUT2D eigenvalue weighted by atomic mass is 10.2. The maximum absolute atomic E-state index is 12.7. The molecular formula is C13H11F3N4S. The third kappa shape index (κ3) is 2.85. The maximum atomic E-state index is 12.7. The lowest BCUT2D eigenvalue weighted by Gasteiger charge is -2.04. The molecule has 1 N–H and O–H groups in total. The number of halogens is 3. The summed E-state index contributed by atoms with van der Waals surface area (Å²) in [7, 11) is 1.29. The van der Waals surface area contributed by atoms with E-state index in [9.17, 15) is 13.2 Å². The number of aryl methyl sites for hydroxylation is 1. The highest BCUT2D eigenvalue weighted by atomic mass is 32.1. The van der Waals surface area contributed by atoms with Crippen molar-refractivity contribution < 1.29 is 13.2 Å². The van der Waals surface area contributed by atoms with E-state index in [-0.39, 0.29) is 6.54 Å². The Labute approximate surface area is 122 Å². The van der Waals surface area contributed by atoms with Crippen molar-refractivity contribution in [2.45, 2.75) is 12.7 Å². The molecule has 0 unspecified atom stereocenters. The molecule has 0 bridgehead atoms. The molecule has 3 aromatic rings. The Balaban J connectivity index is 1.75. The SMILES string of the molecule is Cn1nc(CNc2ccc3sncc3c2)cc1C(F)(F)F. The minimum Gasteiger partial charge on any atom is -0.379 e. The Morgan fingerprint density at radius 2 is 2.10 bits per heavy atom. The number of alkyl halides is 3. The van der Waals surface area contributed by atoms with E-state index < -0.39 is 11.9 Å². The van der Waals surface area contributed by atoms with E-state index in [1.165, 1.54) is 18.6 Å². The highest BCUT2D eigenvalue weighted by molar-refractivity contribution is 7.13. The zero-order valence-electron chi connectivity index (χ0n) is 11.0. The maximum Gasteiger partial charge on any atom is 0.433 e. The highest BCUT2D eigenvalue weighted by Gasteiger charge is 2.34. The van der Waals surface area contributed by atoms with Crippen LogP contribution < -0.4 is 5.32 Å². The number of fused-ring (bicyclic) bond motifs is 1. The number of rotatable bonds is 3. The smallest absolute Gasteiger partial charge is 0.379 e. The van der Waals surface area contributed by atoms with E-state index in [2.05, 4.69) is 14.8 Å². The summed E-state index contributed by atoms with van der Waals surface area (Å²) in [6.07, 6.45) is -2.63. The summed E-state index contributed by atoms with van der Waals surface area (Å²) in [5.74, 6) is 0. The molecule has 0 aliphatic carbocycles. The first-order valence-electron chi connectivity index (χ1n) is 6.12. The molecule has 0 aliphatic rings. The molecular weight excluding hydrogens is 301 g/mol. The Kier molecular flexibility index (Phi) is 3.32. The van der Waals surface area contributed by atoms with Crippen LogP contribution in [0.25, 0.3) is 10.1 Å². The van der Waals surface area contributed by atoms with Crippen LogP contribution in [0.3, 0.4) is 0 Å². The van der Waals surface area contributed by atoms with Crippen LogP contribution in [0.5, 0.6) is 0 Å². The van der Waals surface area contributed by atoms with Crippen LogP contribution in [-0.4, -0.2) is 14.2 Å². The molecule has 0 amide bonds. The number of anilines is 1. The normalized spacial score (nSPS) is 12.0. The monoisotopic (exact) mass is 312 g/mol. The zero-order valence-corrected chi connectivity index (χ0v) is 11.8. The second kappa shape index (κ2) is 5.03. The summed E-state index contributed by atoms with van der Waals surface area (Å²) in [6, 6.07) is 6.76. The first kappa shape index (κ1) is 13.9. The quantitative estimate of drug-likeness (QED) is 0.802. The summed E-state index contributed by atoms with van der Waals surface area (Å²) >= 11 is 1.40. The van der Waals surface area contributed by atoms with Gasteiger partial charge in [-0.05, 0) is 35.8 Å². The molecule has 4 nitrogen and oxygen atoms in total. The molecule has 0 aliphatic heterocycles. The average Bonchev–Trinajstić information content (AvgIpc) is 3.01. The van der Waals surface area contributed by atoms with E-state index >= 15 is 0 Å². The van der Waals surface area contributed by atoms with Gasteiger partial charge in [-0.15, -0.1) is 0 Å². The molecule has 8 heteroatoms. The number of hydrogen-bond acceptors (Lipinski definition) is 4. The fourth-order valence-electron chi connectivity index (χ4n) is 2.05. The van der Waals surface area contributed by atoms with Crippen molar-refractivity contribution in [3.8, 4) is 0 Å². The van der Waals surface area contributed by atoms with Gasteiger partial charge in [-0.25, -0.2) is 0 Å². The summed E-state index contributed by atoms with van der Waals surface area (Å²) in [6.45, 7) is 0.229. The summed E-state index contributed by atoms with van der Waals surface area (Å²) in [5.41, 5.74) is 0.409. The van der Waals surface area contributed by atoms with Crippen molar-refractivity contribution in [3.63, 3.8) is 0 Å². The van der Waals surface area contributed by atoms with Crippen LogP contribution in [0.15, 0.2) is 30.5 Å². The number of nitrogens with one attached hydrogen (secondary N) is 1. The minimum atomic E-state index is -4.39. The molecule has 21 heavy (non-hydrogen) atoms. The van der Waals surface area contributed by atoms with Gasteiger partial charge in [0, 0.05) is 24.3 Å². The lowest BCUT2D eigenvalue weighted by Crippen LogP contribution is -2.11. The fraction of sp³-hybridized carbons (Fsp3) is 0.231. The third-order valence-electron chi connectivity index (χ3n) is 3.05. The molecule has 0 saturated carbocycles. The minimum absolute atomic E-state index is 0.229. The third-order valence-corrected chi connectivity index (χ3v) is 3.83. The van der Waals surface area contributed by atoms with Crippen LogP contribution in [0.4, 0.5) is 18.9 Å². The Morgan fingerprint density at radius 1 is 1.29 bits per heavy atom. The lowest BCUT2D eigenvalue weighted by molar-refractivity contribution is -0.143. The van der Waals surface area contributed by atoms with Gasteiger partial charge in [0.05, 0.1) is 16.9 Å². The molecule has 1 aromatic carbocycles. The van der Waals surface area contributed by atoms with Gasteiger partial charge < -0.3 is 5.32 Å². The molecule has 3 rings (SSSR count). The average molecular weight is 312 g/mol. The molecule has 0 radical (unpaired) electrons. The summed E-state index contributed by atoms with van der Waals surface area (Å²) in [4.78, 5) is 0. The topological polar surface area (TPSA) is 42.7 Å².